The number of hydrazone groups is 1. The molecule has 4 aromatic carbocycles. The van der Waals surface area contributed by atoms with Crippen LogP contribution >= 0.6 is 23.2 Å². The summed E-state index contributed by atoms with van der Waals surface area (Å²) in [7, 11) is 1.45. The summed E-state index contributed by atoms with van der Waals surface area (Å²) in [5.74, 6) is -0.103. The van der Waals surface area contributed by atoms with Crippen LogP contribution in [0.3, 0.4) is 0 Å². The van der Waals surface area contributed by atoms with Gasteiger partial charge in [-0.15, -0.1) is 0 Å². The fourth-order valence-electron chi connectivity index (χ4n) is 3.37. The number of nitrogens with zero attached hydrogens (tertiary/aromatic N) is 1. The molecule has 0 unspecified atom stereocenters. The highest BCUT2D eigenvalue weighted by atomic mass is 35.5. The molecular formula is C29H22Cl2N2O5. The topological polar surface area (TPSA) is 86.2 Å². The molecule has 0 heterocycles. The predicted octanol–water partition coefficient (Wildman–Crippen LogP) is 6.56. The smallest absolute Gasteiger partial charge is 0.343 e. The number of halogens is 2. The van der Waals surface area contributed by atoms with Crippen molar-refractivity contribution >= 4 is 41.3 Å². The number of amides is 1. The van der Waals surface area contributed by atoms with Crippen LogP contribution in [0.5, 0.6) is 17.2 Å². The van der Waals surface area contributed by atoms with Crippen LogP contribution in [0.2, 0.25) is 10.0 Å². The first-order chi connectivity index (χ1) is 18.4. The molecule has 9 heteroatoms. The van der Waals surface area contributed by atoms with Crippen molar-refractivity contribution in [2.45, 2.75) is 6.61 Å². The van der Waals surface area contributed by atoms with Crippen LogP contribution in [0.25, 0.3) is 0 Å². The Hall–Kier alpha value is -4.33. The minimum atomic E-state index is -0.622. The molecule has 0 bridgehead atoms. The molecule has 4 rings (SSSR count). The van der Waals surface area contributed by atoms with Gasteiger partial charge in [0.15, 0.2) is 11.5 Å². The first kappa shape index (κ1) is 26.7. The molecule has 0 aromatic heterocycles. The Morgan fingerprint density at radius 2 is 1.61 bits per heavy atom. The van der Waals surface area contributed by atoms with Crippen LogP contribution in [0.4, 0.5) is 0 Å². The molecule has 0 saturated carbocycles. The van der Waals surface area contributed by atoms with E-state index < -0.39 is 11.9 Å². The molecule has 0 fully saturated rings. The number of benzene rings is 4. The Morgan fingerprint density at radius 1 is 0.842 bits per heavy atom. The van der Waals surface area contributed by atoms with Gasteiger partial charge >= 0.3 is 5.97 Å². The van der Waals surface area contributed by atoms with Crippen molar-refractivity contribution in [1.29, 1.82) is 0 Å². The van der Waals surface area contributed by atoms with Gasteiger partial charge in [-0.1, -0.05) is 65.7 Å². The molecule has 0 atom stereocenters. The standard InChI is InChI=1S/C29H22Cl2N2O5/c1-36-27-15-20(11-14-26(27)38-29(35)21-12-13-23(30)24(31)16-21)17-32-33-28(34)22-9-5-6-10-25(22)37-18-19-7-3-2-4-8-19/h2-17H,18H2,1H3,(H,33,34). The third-order valence-corrected chi connectivity index (χ3v) is 6.03. The molecule has 4 aromatic rings. The summed E-state index contributed by atoms with van der Waals surface area (Å²) in [6, 6.07) is 25.9. The van der Waals surface area contributed by atoms with E-state index in [2.05, 4.69) is 10.5 Å². The third kappa shape index (κ3) is 6.91. The van der Waals surface area contributed by atoms with Crippen molar-refractivity contribution in [2.75, 3.05) is 7.11 Å². The Bertz CT molecular complexity index is 1480. The molecule has 38 heavy (non-hydrogen) atoms. The molecular weight excluding hydrogens is 527 g/mol. The first-order valence-corrected chi connectivity index (χ1v) is 12.1. The second-order valence-electron chi connectivity index (χ2n) is 7.90. The minimum Gasteiger partial charge on any atom is -0.493 e. The van der Waals surface area contributed by atoms with E-state index in [9.17, 15) is 9.59 Å². The van der Waals surface area contributed by atoms with Crippen molar-refractivity contribution in [3.8, 4) is 17.2 Å². The van der Waals surface area contributed by atoms with Crippen LogP contribution in [-0.2, 0) is 6.61 Å². The fraction of sp³-hybridized carbons (Fsp3) is 0.0690. The lowest BCUT2D eigenvalue weighted by molar-refractivity contribution is 0.0729. The van der Waals surface area contributed by atoms with Crippen LogP contribution in [0.15, 0.2) is 96.1 Å². The molecule has 1 N–H and O–H groups in total. The summed E-state index contributed by atoms with van der Waals surface area (Å²) in [4.78, 5) is 25.2. The second-order valence-corrected chi connectivity index (χ2v) is 8.71. The number of ether oxygens (including phenoxy) is 3. The molecule has 0 aliphatic carbocycles. The lowest BCUT2D eigenvalue weighted by Gasteiger charge is -2.11. The van der Waals surface area contributed by atoms with Gasteiger partial charge in [0.2, 0.25) is 0 Å². The Kier molecular flexibility index (Phi) is 8.98. The highest BCUT2D eigenvalue weighted by Crippen LogP contribution is 2.29. The molecule has 0 spiro atoms. The number of hydrogen-bond donors (Lipinski definition) is 1. The largest absolute Gasteiger partial charge is 0.493 e. The fourth-order valence-corrected chi connectivity index (χ4v) is 3.67. The van der Waals surface area contributed by atoms with Crippen molar-refractivity contribution in [3.63, 3.8) is 0 Å². The third-order valence-electron chi connectivity index (χ3n) is 5.29. The highest BCUT2D eigenvalue weighted by molar-refractivity contribution is 6.42. The van der Waals surface area contributed by atoms with Crippen molar-refractivity contribution in [2.24, 2.45) is 5.10 Å². The van der Waals surface area contributed by atoms with Gasteiger partial charge in [-0.25, -0.2) is 10.2 Å². The lowest BCUT2D eigenvalue weighted by atomic mass is 10.2. The van der Waals surface area contributed by atoms with E-state index in [1.54, 1.807) is 42.5 Å². The maximum atomic E-state index is 12.7. The van der Waals surface area contributed by atoms with Gasteiger partial charge in [0.05, 0.1) is 34.5 Å². The summed E-state index contributed by atoms with van der Waals surface area (Å²) in [5, 5.41) is 4.61. The number of carbonyl (C=O) groups excluding carboxylic acids is 2. The number of rotatable bonds is 9. The second kappa shape index (κ2) is 12.8. The summed E-state index contributed by atoms with van der Waals surface area (Å²) in [6.45, 7) is 0.330. The SMILES string of the molecule is COc1cc(C=NNC(=O)c2ccccc2OCc2ccccc2)ccc1OC(=O)c1ccc(Cl)c(Cl)c1. The number of para-hydroxylation sites is 1. The summed E-state index contributed by atoms with van der Waals surface area (Å²) >= 11 is 11.9. The number of methoxy groups -OCH3 is 1. The number of hydrogen-bond acceptors (Lipinski definition) is 6. The molecule has 0 aliphatic rings. The Morgan fingerprint density at radius 3 is 2.37 bits per heavy atom. The van der Waals surface area contributed by atoms with E-state index >= 15 is 0 Å². The van der Waals surface area contributed by atoms with Gasteiger partial charge in [-0.05, 0) is 59.7 Å². The van der Waals surface area contributed by atoms with Crippen LogP contribution in [0.1, 0.15) is 31.8 Å². The van der Waals surface area contributed by atoms with Gasteiger partial charge in [0.25, 0.3) is 5.91 Å². The Labute approximate surface area is 229 Å². The molecule has 0 aliphatic heterocycles. The van der Waals surface area contributed by atoms with E-state index in [1.807, 2.05) is 30.3 Å². The molecule has 192 valence electrons. The van der Waals surface area contributed by atoms with E-state index in [4.69, 9.17) is 37.4 Å². The molecule has 0 saturated heterocycles. The first-order valence-electron chi connectivity index (χ1n) is 11.4. The van der Waals surface area contributed by atoms with Gasteiger partial charge in [-0.3, -0.25) is 4.79 Å². The number of nitrogens with one attached hydrogen (secondary N) is 1. The number of esters is 1. The summed E-state index contributed by atoms with van der Waals surface area (Å²) in [5.41, 5.74) is 4.68. The number of carbonyl (C=O) groups is 2. The quantitative estimate of drug-likeness (QED) is 0.111. The normalized spacial score (nSPS) is 10.7. The zero-order chi connectivity index (χ0) is 26.9. The summed E-state index contributed by atoms with van der Waals surface area (Å²) in [6.07, 6.45) is 1.44. The van der Waals surface area contributed by atoms with E-state index in [-0.39, 0.29) is 16.3 Å². The lowest BCUT2D eigenvalue weighted by Crippen LogP contribution is -2.18. The van der Waals surface area contributed by atoms with E-state index in [1.165, 1.54) is 31.5 Å². The molecule has 7 nitrogen and oxygen atoms in total. The van der Waals surface area contributed by atoms with Crippen molar-refractivity contribution in [3.05, 3.63) is 123 Å². The molecule has 0 radical (unpaired) electrons. The average molecular weight is 549 g/mol. The molecule has 1 amide bonds. The maximum Gasteiger partial charge on any atom is 0.343 e. The van der Waals surface area contributed by atoms with E-state index in [0.29, 0.717) is 34.3 Å². The predicted molar refractivity (Wildman–Crippen MR) is 147 cm³/mol. The van der Waals surface area contributed by atoms with Gasteiger partial charge in [0, 0.05) is 0 Å². The average Bonchev–Trinajstić information content (AvgIpc) is 2.94. The monoisotopic (exact) mass is 548 g/mol. The maximum absolute atomic E-state index is 12.7. The zero-order valence-corrected chi connectivity index (χ0v) is 21.7. The van der Waals surface area contributed by atoms with Crippen LogP contribution < -0.4 is 19.6 Å². The van der Waals surface area contributed by atoms with E-state index in [0.717, 1.165) is 5.56 Å². The van der Waals surface area contributed by atoms with Crippen molar-refractivity contribution < 1.29 is 23.8 Å². The zero-order valence-electron chi connectivity index (χ0n) is 20.2. The Balaban J connectivity index is 1.40. The van der Waals surface area contributed by atoms with Crippen molar-refractivity contribution in [1.82, 2.24) is 5.43 Å². The van der Waals surface area contributed by atoms with Crippen LogP contribution in [0, 0.1) is 0 Å². The van der Waals surface area contributed by atoms with Gasteiger partial charge in [0.1, 0.15) is 12.4 Å². The highest BCUT2D eigenvalue weighted by Gasteiger charge is 2.15. The minimum absolute atomic E-state index is 0.203. The van der Waals surface area contributed by atoms with Crippen LogP contribution in [-0.4, -0.2) is 25.2 Å². The van der Waals surface area contributed by atoms with Gasteiger partial charge in [-0.2, -0.15) is 5.10 Å². The van der Waals surface area contributed by atoms with Gasteiger partial charge < -0.3 is 14.2 Å². The summed E-state index contributed by atoms with van der Waals surface area (Å²) < 4.78 is 16.6.